The van der Waals surface area contributed by atoms with E-state index in [2.05, 4.69) is 40.7 Å². The summed E-state index contributed by atoms with van der Waals surface area (Å²) >= 11 is 0. The highest BCUT2D eigenvalue weighted by atomic mass is 16.5. The molecular formula is C30H32N4O3. The number of aromatic nitrogens is 3. The van der Waals surface area contributed by atoms with Crippen LogP contribution in [0.5, 0.6) is 5.75 Å². The van der Waals surface area contributed by atoms with Crippen LogP contribution in [0.25, 0.3) is 11.5 Å². The Hall–Kier alpha value is -4.13. The molecule has 0 aliphatic carbocycles. The summed E-state index contributed by atoms with van der Waals surface area (Å²) < 4.78 is 10.2. The van der Waals surface area contributed by atoms with Gasteiger partial charge in [0, 0.05) is 38.8 Å². The van der Waals surface area contributed by atoms with E-state index in [0.717, 1.165) is 24.0 Å². The number of carbonyl (C=O) groups excluding carboxylic acids is 1. The van der Waals surface area contributed by atoms with Gasteiger partial charge in [0.25, 0.3) is 5.91 Å². The van der Waals surface area contributed by atoms with Gasteiger partial charge in [-0.05, 0) is 17.5 Å². The molecule has 4 aromatic rings. The first-order valence-corrected chi connectivity index (χ1v) is 12.8. The molecule has 1 atom stereocenters. The Balaban J connectivity index is 1.75. The van der Waals surface area contributed by atoms with Crippen molar-refractivity contribution < 1.29 is 9.53 Å². The van der Waals surface area contributed by atoms with E-state index >= 15 is 0 Å². The minimum atomic E-state index is -0.186. The number of hydrogen-bond acceptors (Lipinski definition) is 4. The number of rotatable bonds is 8. The molecule has 1 aliphatic heterocycles. The van der Waals surface area contributed by atoms with E-state index in [4.69, 9.17) is 4.74 Å². The maximum atomic E-state index is 13.1. The number of unbranched alkanes of at least 4 members (excludes halogenated alkanes) is 1. The van der Waals surface area contributed by atoms with Gasteiger partial charge >= 0.3 is 0 Å². The number of pyridine rings is 1. The Morgan fingerprint density at radius 2 is 1.70 bits per heavy atom. The summed E-state index contributed by atoms with van der Waals surface area (Å²) in [6.45, 7) is 3.05. The number of hydrogen-bond donors (Lipinski definition) is 0. The zero-order valence-electron chi connectivity index (χ0n) is 21.5. The number of nitrogens with zero attached hydrogens (tertiary/aromatic N) is 4. The van der Waals surface area contributed by atoms with Gasteiger partial charge in [0.1, 0.15) is 11.4 Å². The minimum Gasteiger partial charge on any atom is -0.487 e. The zero-order valence-corrected chi connectivity index (χ0v) is 21.5. The lowest BCUT2D eigenvalue weighted by Gasteiger charge is -2.37. The number of benzene rings is 2. The molecule has 5 rings (SSSR count). The predicted molar refractivity (Wildman–Crippen MR) is 144 cm³/mol. The van der Waals surface area contributed by atoms with Gasteiger partial charge in [0.05, 0.1) is 18.8 Å². The Labute approximate surface area is 217 Å². The Kier molecular flexibility index (Phi) is 6.95. The van der Waals surface area contributed by atoms with E-state index in [0.29, 0.717) is 30.4 Å². The molecule has 2 aromatic carbocycles. The molecule has 0 N–H and O–H groups in total. The number of amides is 1. The zero-order chi connectivity index (χ0) is 25.9. The third kappa shape index (κ3) is 4.57. The van der Waals surface area contributed by atoms with Crippen molar-refractivity contribution in [3.05, 3.63) is 106 Å². The minimum absolute atomic E-state index is 0.0370. The molecule has 0 bridgehead atoms. The molecule has 190 valence electrons. The van der Waals surface area contributed by atoms with Crippen LogP contribution < -0.4 is 10.2 Å². The first-order valence-electron chi connectivity index (χ1n) is 12.8. The van der Waals surface area contributed by atoms with Crippen molar-refractivity contribution in [3.8, 4) is 17.3 Å². The number of fused-ring (bicyclic) bond motifs is 3. The molecule has 3 heterocycles. The third-order valence-electron chi connectivity index (χ3n) is 6.95. The molecule has 0 saturated carbocycles. The molecule has 0 fully saturated rings. The van der Waals surface area contributed by atoms with Crippen molar-refractivity contribution in [3.63, 3.8) is 0 Å². The fourth-order valence-corrected chi connectivity index (χ4v) is 5.13. The second-order valence-corrected chi connectivity index (χ2v) is 9.61. The maximum absolute atomic E-state index is 13.1. The first kappa shape index (κ1) is 24.6. The fraction of sp³-hybridized carbons (Fsp3) is 0.300. The van der Waals surface area contributed by atoms with Gasteiger partial charge in [0.2, 0.25) is 5.43 Å². The topological polar surface area (TPSA) is 69.4 Å². The van der Waals surface area contributed by atoms with Crippen molar-refractivity contribution >= 4 is 5.91 Å². The summed E-state index contributed by atoms with van der Waals surface area (Å²) in [5.41, 5.74) is 3.23. The summed E-state index contributed by atoms with van der Waals surface area (Å²) in [5, 5.41) is 0. The van der Waals surface area contributed by atoms with Gasteiger partial charge in [-0.2, -0.15) is 0 Å². The van der Waals surface area contributed by atoms with Gasteiger partial charge < -0.3 is 18.8 Å². The summed E-state index contributed by atoms with van der Waals surface area (Å²) in [5.74, 6) is 0.695. The Morgan fingerprint density at radius 3 is 2.30 bits per heavy atom. The maximum Gasteiger partial charge on any atom is 0.271 e. The van der Waals surface area contributed by atoms with E-state index in [1.165, 1.54) is 0 Å². The number of ether oxygens (including phenoxy) is 1. The molecule has 7 nitrogen and oxygen atoms in total. The second-order valence-electron chi connectivity index (χ2n) is 9.61. The van der Waals surface area contributed by atoms with Gasteiger partial charge in [0.15, 0.2) is 11.6 Å². The fourth-order valence-electron chi connectivity index (χ4n) is 5.13. The molecule has 2 aromatic heterocycles. The van der Waals surface area contributed by atoms with Crippen LogP contribution in [-0.4, -0.2) is 45.6 Å². The van der Waals surface area contributed by atoms with E-state index in [9.17, 15) is 9.59 Å². The summed E-state index contributed by atoms with van der Waals surface area (Å²) in [7, 11) is 3.47. The normalized spacial score (nSPS) is 14.2. The molecule has 37 heavy (non-hydrogen) atoms. The highest BCUT2D eigenvalue weighted by Crippen LogP contribution is 2.43. The summed E-state index contributed by atoms with van der Waals surface area (Å²) in [6.07, 6.45) is 5.25. The van der Waals surface area contributed by atoms with E-state index in [1.807, 2.05) is 47.2 Å². The van der Waals surface area contributed by atoms with Crippen molar-refractivity contribution in [1.82, 2.24) is 19.0 Å². The molecule has 0 saturated heterocycles. The lowest BCUT2D eigenvalue weighted by Crippen LogP contribution is -2.34. The SMILES string of the molecule is CCCCOc1c2n(ccc1=O)[C@@H](C(c1ccccc1)c1ccccc1)Cn1c(C(=O)N(C)C)cnc1-2. The quantitative estimate of drug-likeness (QED) is 0.323. The highest BCUT2D eigenvalue weighted by Gasteiger charge is 2.37. The Bertz CT molecular complexity index is 1400. The third-order valence-corrected chi connectivity index (χ3v) is 6.95. The number of carbonyl (C=O) groups is 1. The summed E-state index contributed by atoms with van der Waals surface area (Å²) in [6, 6.07) is 22.2. The smallest absolute Gasteiger partial charge is 0.271 e. The van der Waals surface area contributed by atoms with Crippen LogP contribution in [0, 0.1) is 0 Å². The van der Waals surface area contributed by atoms with Crippen LogP contribution in [0.3, 0.4) is 0 Å². The van der Waals surface area contributed by atoms with Gasteiger partial charge in [-0.1, -0.05) is 74.0 Å². The highest BCUT2D eigenvalue weighted by molar-refractivity contribution is 5.93. The van der Waals surface area contributed by atoms with Crippen LogP contribution in [-0.2, 0) is 6.54 Å². The van der Waals surface area contributed by atoms with Crippen LogP contribution in [0.4, 0.5) is 0 Å². The van der Waals surface area contributed by atoms with Crippen LogP contribution in [0.2, 0.25) is 0 Å². The summed E-state index contributed by atoms with van der Waals surface area (Å²) in [4.78, 5) is 32.4. The van der Waals surface area contributed by atoms with E-state index in [-0.39, 0.29) is 29.0 Å². The van der Waals surface area contributed by atoms with Crippen molar-refractivity contribution in [1.29, 1.82) is 0 Å². The molecule has 0 radical (unpaired) electrons. The molecule has 1 amide bonds. The van der Waals surface area contributed by atoms with Crippen LogP contribution >= 0.6 is 0 Å². The molecular weight excluding hydrogens is 464 g/mol. The lowest BCUT2D eigenvalue weighted by atomic mass is 9.83. The number of imidazole rings is 1. The second kappa shape index (κ2) is 10.5. The largest absolute Gasteiger partial charge is 0.487 e. The van der Waals surface area contributed by atoms with Crippen molar-refractivity contribution in [2.75, 3.05) is 20.7 Å². The molecule has 1 aliphatic rings. The molecule has 0 spiro atoms. The Morgan fingerprint density at radius 1 is 1.05 bits per heavy atom. The van der Waals surface area contributed by atoms with Gasteiger partial charge in [-0.25, -0.2) is 4.98 Å². The molecule has 7 heteroatoms. The van der Waals surface area contributed by atoms with E-state index < -0.39 is 0 Å². The molecule has 0 unspecified atom stereocenters. The standard InChI is InChI=1S/C30H32N4O3/c1-4-5-18-37-28-25(35)16-17-33-24(20-34-23(30(36)32(2)3)19-31-29(34)27(28)33)26(21-12-8-6-9-13-21)22-14-10-7-11-15-22/h6-17,19,24,26H,4-5,18,20H2,1-3H3/t24-/m1/s1. The van der Waals surface area contributed by atoms with Crippen molar-refractivity contribution in [2.45, 2.75) is 38.3 Å². The van der Waals surface area contributed by atoms with Gasteiger partial charge in [-0.3, -0.25) is 9.59 Å². The van der Waals surface area contributed by atoms with Crippen LogP contribution in [0.15, 0.2) is 83.9 Å². The first-order chi connectivity index (χ1) is 18.0. The van der Waals surface area contributed by atoms with Gasteiger partial charge in [-0.15, -0.1) is 0 Å². The lowest BCUT2D eigenvalue weighted by molar-refractivity contribution is 0.0815. The predicted octanol–water partition coefficient (Wildman–Crippen LogP) is 4.98. The van der Waals surface area contributed by atoms with Crippen molar-refractivity contribution in [2.24, 2.45) is 0 Å². The van der Waals surface area contributed by atoms with E-state index in [1.54, 1.807) is 31.3 Å². The van der Waals surface area contributed by atoms with Crippen LogP contribution in [0.1, 0.15) is 53.3 Å². The average molecular weight is 497 g/mol. The average Bonchev–Trinajstić information content (AvgIpc) is 3.34. The monoisotopic (exact) mass is 496 g/mol.